The molecule has 1 aromatic heterocycles. The number of allylic oxidation sites excluding steroid dienone is 1. The van der Waals surface area contributed by atoms with Crippen LogP contribution in [0.2, 0.25) is 0 Å². The molecule has 2 aliphatic heterocycles. The summed E-state index contributed by atoms with van der Waals surface area (Å²) < 4.78 is 5.93. The van der Waals surface area contributed by atoms with Crippen molar-refractivity contribution in [1.82, 2.24) is 20.4 Å². The summed E-state index contributed by atoms with van der Waals surface area (Å²) in [4.78, 5) is 4.49. The van der Waals surface area contributed by atoms with Gasteiger partial charge in [0.25, 0.3) is 0 Å². The van der Waals surface area contributed by atoms with Gasteiger partial charge in [-0.3, -0.25) is 4.90 Å². The monoisotopic (exact) mass is 354 g/mol. The Labute approximate surface area is 154 Å². The van der Waals surface area contributed by atoms with E-state index in [1.807, 2.05) is 23.1 Å². The first-order chi connectivity index (χ1) is 12.8. The van der Waals surface area contributed by atoms with Crippen molar-refractivity contribution in [3.63, 3.8) is 0 Å². The van der Waals surface area contributed by atoms with Crippen molar-refractivity contribution in [2.75, 3.05) is 39.3 Å². The van der Waals surface area contributed by atoms with E-state index < -0.39 is 0 Å². The Bertz CT molecular complexity index is 688. The molecule has 0 atom stereocenters. The van der Waals surface area contributed by atoms with E-state index in [-0.39, 0.29) is 5.57 Å². The van der Waals surface area contributed by atoms with Crippen molar-refractivity contribution >= 4 is 0 Å². The molecular weight excluding hydrogens is 328 g/mol. The zero-order valence-electron chi connectivity index (χ0n) is 15.1. The molecule has 0 aromatic carbocycles. The molecule has 0 saturated carbocycles. The van der Waals surface area contributed by atoms with Crippen LogP contribution in [0.1, 0.15) is 30.8 Å². The zero-order chi connectivity index (χ0) is 18.2. The number of hydrogen-bond acceptors (Lipinski definition) is 7. The minimum atomic E-state index is 0.149. The number of nitriles is 2. The lowest BCUT2D eigenvalue weighted by atomic mass is 10.1. The molecule has 0 spiro atoms. The average Bonchev–Trinajstić information content (AvgIpc) is 3.31. The second-order valence-corrected chi connectivity index (χ2v) is 6.74. The number of hydrogen-bond donors (Lipinski definition) is 2. The van der Waals surface area contributed by atoms with Crippen molar-refractivity contribution in [2.24, 2.45) is 0 Å². The predicted octanol–water partition coefficient (Wildman–Crippen LogP) is 1.52. The lowest BCUT2D eigenvalue weighted by Crippen LogP contribution is -2.30. The maximum atomic E-state index is 9.02. The summed E-state index contributed by atoms with van der Waals surface area (Å²) in [6, 6.07) is 8.01. The normalized spacial score (nSPS) is 17.6. The molecule has 1 aromatic rings. The Kier molecular flexibility index (Phi) is 6.54. The highest BCUT2D eigenvalue weighted by Crippen LogP contribution is 2.15. The molecule has 0 amide bonds. The summed E-state index contributed by atoms with van der Waals surface area (Å²) in [5.41, 5.74) is 0.149. The molecule has 7 heteroatoms. The van der Waals surface area contributed by atoms with Crippen LogP contribution in [0.5, 0.6) is 0 Å². The summed E-state index contributed by atoms with van der Waals surface area (Å²) in [6.07, 6.45) is 3.92. The molecule has 0 bridgehead atoms. The lowest BCUT2D eigenvalue weighted by molar-refractivity contribution is 0.203. The van der Waals surface area contributed by atoms with Gasteiger partial charge < -0.3 is 20.0 Å². The van der Waals surface area contributed by atoms with Crippen molar-refractivity contribution in [2.45, 2.75) is 32.4 Å². The van der Waals surface area contributed by atoms with E-state index in [9.17, 15) is 0 Å². The molecule has 26 heavy (non-hydrogen) atoms. The maximum Gasteiger partial charge on any atom is 0.169 e. The van der Waals surface area contributed by atoms with E-state index in [0.717, 1.165) is 44.2 Å². The number of piperidine rings is 1. The fourth-order valence-electron chi connectivity index (χ4n) is 3.50. The van der Waals surface area contributed by atoms with Crippen molar-refractivity contribution in [1.29, 1.82) is 10.5 Å². The van der Waals surface area contributed by atoms with Gasteiger partial charge in [0.2, 0.25) is 0 Å². The van der Waals surface area contributed by atoms with Crippen LogP contribution in [0.25, 0.3) is 0 Å². The molecule has 2 saturated heterocycles. The van der Waals surface area contributed by atoms with Gasteiger partial charge >= 0.3 is 0 Å². The van der Waals surface area contributed by atoms with Crippen LogP contribution >= 0.6 is 0 Å². The molecule has 2 fully saturated rings. The Morgan fingerprint density at radius 1 is 1.12 bits per heavy atom. The smallest absolute Gasteiger partial charge is 0.169 e. The van der Waals surface area contributed by atoms with Gasteiger partial charge in [-0.25, -0.2) is 0 Å². The molecular formula is C19H26N6O. The summed E-state index contributed by atoms with van der Waals surface area (Å²) >= 11 is 0. The van der Waals surface area contributed by atoms with Crippen LogP contribution in [-0.2, 0) is 13.1 Å². The van der Waals surface area contributed by atoms with Gasteiger partial charge in [0, 0.05) is 26.2 Å². The Balaban J connectivity index is 1.41. The highest BCUT2D eigenvalue weighted by molar-refractivity contribution is 5.39. The molecule has 3 rings (SSSR count). The van der Waals surface area contributed by atoms with Crippen molar-refractivity contribution in [3.05, 3.63) is 35.0 Å². The zero-order valence-corrected chi connectivity index (χ0v) is 15.1. The van der Waals surface area contributed by atoms with E-state index in [4.69, 9.17) is 14.9 Å². The molecule has 2 N–H and O–H groups in total. The van der Waals surface area contributed by atoms with Crippen molar-refractivity contribution in [3.8, 4) is 12.1 Å². The maximum absolute atomic E-state index is 9.02. The quantitative estimate of drug-likeness (QED) is 0.566. The number of likely N-dealkylation sites (tertiary alicyclic amines) is 1. The molecule has 3 heterocycles. The number of rotatable bonds is 7. The SMILES string of the molecule is N#CC(C#N)=C1NCCN1CCNCc1ccc(CN2CCCCC2)o1. The van der Waals surface area contributed by atoms with Gasteiger partial charge in [-0.15, -0.1) is 0 Å². The van der Waals surface area contributed by atoms with Crippen LogP contribution < -0.4 is 10.6 Å². The number of nitrogens with one attached hydrogen (secondary N) is 2. The van der Waals surface area contributed by atoms with Crippen LogP contribution in [0.3, 0.4) is 0 Å². The van der Waals surface area contributed by atoms with Gasteiger partial charge in [-0.05, 0) is 38.1 Å². The highest BCUT2D eigenvalue weighted by Gasteiger charge is 2.20. The van der Waals surface area contributed by atoms with Gasteiger partial charge in [0.15, 0.2) is 5.57 Å². The average molecular weight is 354 g/mol. The largest absolute Gasteiger partial charge is 0.463 e. The molecule has 7 nitrogen and oxygen atoms in total. The van der Waals surface area contributed by atoms with Gasteiger partial charge in [-0.1, -0.05) is 6.42 Å². The second-order valence-electron chi connectivity index (χ2n) is 6.74. The van der Waals surface area contributed by atoms with E-state index in [2.05, 4.69) is 21.6 Å². The second kappa shape index (κ2) is 9.28. The fourth-order valence-corrected chi connectivity index (χ4v) is 3.50. The Hall–Kier alpha value is -2.48. The summed E-state index contributed by atoms with van der Waals surface area (Å²) in [6.45, 7) is 7.00. The molecule has 2 aliphatic rings. The van der Waals surface area contributed by atoms with Crippen LogP contribution in [0, 0.1) is 22.7 Å². The first-order valence-corrected chi connectivity index (χ1v) is 9.34. The third kappa shape index (κ3) is 4.78. The highest BCUT2D eigenvalue weighted by atomic mass is 16.3. The third-order valence-corrected chi connectivity index (χ3v) is 4.85. The number of furan rings is 1. The van der Waals surface area contributed by atoms with Crippen LogP contribution in [0.15, 0.2) is 27.9 Å². The molecule has 0 radical (unpaired) electrons. The fraction of sp³-hybridized carbons (Fsp3) is 0.579. The van der Waals surface area contributed by atoms with E-state index in [1.54, 1.807) is 0 Å². The molecule has 0 unspecified atom stereocenters. The molecule has 0 aliphatic carbocycles. The van der Waals surface area contributed by atoms with Crippen LogP contribution in [-0.4, -0.2) is 49.1 Å². The summed E-state index contributed by atoms with van der Waals surface area (Å²) in [7, 11) is 0. The minimum Gasteiger partial charge on any atom is -0.463 e. The standard InChI is InChI=1S/C19H26N6O/c20-12-16(13-21)19-23-7-11-25(19)10-6-22-14-17-4-5-18(26-17)15-24-8-2-1-3-9-24/h4-5,22-23H,1-3,6-11,14-15H2. The van der Waals surface area contributed by atoms with Crippen molar-refractivity contribution < 1.29 is 4.42 Å². The Morgan fingerprint density at radius 2 is 1.88 bits per heavy atom. The van der Waals surface area contributed by atoms with Gasteiger partial charge in [-0.2, -0.15) is 10.5 Å². The first-order valence-electron chi connectivity index (χ1n) is 9.34. The van der Waals surface area contributed by atoms with Gasteiger partial charge in [0.1, 0.15) is 29.5 Å². The number of nitrogens with zero attached hydrogens (tertiary/aromatic N) is 4. The Morgan fingerprint density at radius 3 is 2.65 bits per heavy atom. The minimum absolute atomic E-state index is 0.149. The van der Waals surface area contributed by atoms with E-state index in [1.165, 1.54) is 32.4 Å². The summed E-state index contributed by atoms with van der Waals surface area (Å²) in [5, 5.41) is 24.5. The lowest BCUT2D eigenvalue weighted by Gasteiger charge is -2.25. The van der Waals surface area contributed by atoms with Crippen LogP contribution in [0.4, 0.5) is 0 Å². The van der Waals surface area contributed by atoms with E-state index in [0.29, 0.717) is 12.4 Å². The third-order valence-electron chi connectivity index (χ3n) is 4.85. The predicted molar refractivity (Wildman–Crippen MR) is 97.4 cm³/mol. The van der Waals surface area contributed by atoms with E-state index >= 15 is 0 Å². The first kappa shape index (κ1) is 18.3. The topological polar surface area (TPSA) is 91.3 Å². The summed E-state index contributed by atoms with van der Waals surface area (Å²) in [5.74, 6) is 2.63. The van der Waals surface area contributed by atoms with Gasteiger partial charge in [0.05, 0.1) is 13.1 Å². The molecule has 138 valence electrons.